The first-order valence-electron chi connectivity index (χ1n) is 6.91. The van der Waals surface area contributed by atoms with E-state index in [0.717, 1.165) is 0 Å². The summed E-state index contributed by atoms with van der Waals surface area (Å²) in [5.41, 5.74) is 1.04. The van der Waals surface area contributed by atoms with Crippen molar-refractivity contribution >= 4 is 29.1 Å². The first-order valence-corrected chi connectivity index (χ1v) is 7.89. The normalized spacial score (nSPS) is 10.7. The Hall–Kier alpha value is -2.15. The van der Waals surface area contributed by atoms with E-state index in [-0.39, 0.29) is 23.5 Å². The van der Waals surface area contributed by atoms with Gasteiger partial charge in [0, 0.05) is 11.6 Å². The number of para-hydroxylation sites is 1. The molecular weight excluding hydrogens is 300 g/mol. The first-order chi connectivity index (χ1) is 10.5. The summed E-state index contributed by atoms with van der Waals surface area (Å²) >= 11 is 1.32. The second-order valence-corrected chi connectivity index (χ2v) is 6.00. The van der Waals surface area contributed by atoms with Crippen molar-refractivity contribution in [3.63, 3.8) is 0 Å². The number of benzene rings is 1. The van der Waals surface area contributed by atoms with Gasteiger partial charge in [-0.05, 0) is 32.9 Å². The second kappa shape index (κ2) is 7.22. The van der Waals surface area contributed by atoms with Gasteiger partial charge in [0.2, 0.25) is 5.91 Å². The second-order valence-electron chi connectivity index (χ2n) is 5.05. The molecule has 0 saturated heterocycles. The van der Waals surface area contributed by atoms with Crippen LogP contribution in [0.15, 0.2) is 35.7 Å². The molecule has 0 atom stereocenters. The molecule has 7 heteroatoms. The number of anilines is 1. The van der Waals surface area contributed by atoms with Crippen molar-refractivity contribution < 1.29 is 9.59 Å². The minimum Gasteiger partial charge on any atom is -0.325 e. The van der Waals surface area contributed by atoms with Gasteiger partial charge in [-0.1, -0.05) is 23.9 Å². The van der Waals surface area contributed by atoms with Crippen LogP contribution in [-0.2, 0) is 4.79 Å². The Kier molecular flexibility index (Phi) is 5.32. The molecule has 0 spiro atoms. The highest BCUT2D eigenvalue weighted by molar-refractivity contribution is 7.99. The molecule has 1 amide bonds. The number of carbonyl (C=O) groups is 2. The molecule has 6 nitrogen and oxygen atoms in total. The van der Waals surface area contributed by atoms with Gasteiger partial charge in [-0.3, -0.25) is 9.59 Å². The maximum Gasteiger partial charge on any atom is 0.234 e. The van der Waals surface area contributed by atoms with Gasteiger partial charge in [-0.2, -0.15) is 0 Å². The van der Waals surface area contributed by atoms with Crippen LogP contribution in [0.3, 0.4) is 0 Å². The molecule has 0 radical (unpaired) electrons. The predicted octanol–water partition coefficient (Wildman–Crippen LogP) is 2.79. The Morgan fingerprint density at radius 1 is 1.32 bits per heavy atom. The molecule has 116 valence electrons. The smallest absolute Gasteiger partial charge is 0.234 e. The fraction of sp³-hybridized carbons (Fsp3) is 0.333. The van der Waals surface area contributed by atoms with Crippen molar-refractivity contribution in [3.05, 3.63) is 36.2 Å². The van der Waals surface area contributed by atoms with E-state index in [9.17, 15) is 9.59 Å². The highest BCUT2D eigenvalue weighted by Gasteiger charge is 2.13. The van der Waals surface area contributed by atoms with Gasteiger partial charge < -0.3 is 9.88 Å². The first kappa shape index (κ1) is 16.2. The molecule has 0 aliphatic heterocycles. The monoisotopic (exact) mass is 318 g/mol. The highest BCUT2D eigenvalue weighted by Crippen LogP contribution is 2.20. The minimum absolute atomic E-state index is 0.0805. The fourth-order valence-electron chi connectivity index (χ4n) is 1.90. The maximum atomic E-state index is 12.1. The number of aromatic nitrogens is 3. The summed E-state index contributed by atoms with van der Waals surface area (Å²) in [4.78, 5) is 23.6. The molecule has 0 aliphatic carbocycles. The summed E-state index contributed by atoms with van der Waals surface area (Å²) in [5.74, 6) is -0.0578. The third-order valence-electron chi connectivity index (χ3n) is 3.01. The summed E-state index contributed by atoms with van der Waals surface area (Å²) in [6, 6.07) is 7.20. The number of thioether (sulfide) groups is 1. The molecule has 0 aliphatic rings. The summed E-state index contributed by atoms with van der Waals surface area (Å²) < 4.78 is 1.90. The van der Waals surface area contributed by atoms with Crippen LogP contribution in [-0.4, -0.2) is 32.2 Å². The lowest BCUT2D eigenvalue weighted by Crippen LogP contribution is -2.16. The Morgan fingerprint density at radius 2 is 2.05 bits per heavy atom. The molecule has 0 bridgehead atoms. The van der Waals surface area contributed by atoms with Crippen LogP contribution in [0.25, 0.3) is 0 Å². The van der Waals surface area contributed by atoms with Crippen molar-refractivity contribution in [1.29, 1.82) is 0 Å². The molecule has 2 rings (SSSR count). The van der Waals surface area contributed by atoms with Crippen LogP contribution in [0.4, 0.5) is 5.69 Å². The number of hydrogen-bond acceptors (Lipinski definition) is 5. The molecule has 1 aromatic carbocycles. The molecule has 0 unspecified atom stereocenters. The van der Waals surface area contributed by atoms with Crippen molar-refractivity contribution in [2.75, 3.05) is 11.1 Å². The molecule has 1 N–H and O–H groups in total. The Balaban J connectivity index is 1.99. The Labute approximate surface area is 133 Å². The zero-order valence-corrected chi connectivity index (χ0v) is 13.6. The SMILES string of the molecule is CC(=O)c1ccccc1NC(=O)CSc1nncn1C(C)C. The van der Waals surface area contributed by atoms with Gasteiger partial charge in [-0.25, -0.2) is 0 Å². The van der Waals surface area contributed by atoms with Crippen LogP contribution < -0.4 is 5.32 Å². The zero-order valence-electron chi connectivity index (χ0n) is 12.7. The lowest BCUT2D eigenvalue weighted by Gasteiger charge is -2.10. The maximum absolute atomic E-state index is 12.1. The molecule has 1 aromatic heterocycles. The molecule has 1 heterocycles. The van der Waals surface area contributed by atoms with Crippen molar-refractivity contribution in [2.45, 2.75) is 32.0 Å². The number of nitrogens with zero attached hydrogens (tertiary/aromatic N) is 3. The summed E-state index contributed by atoms with van der Waals surface area (Å²) in [7, 11) is 0. The van der Waals surface area contributed by atoms with Crippen molar-refractivity contribution in [1.82, 2.24) is 14.8 Å². The number of carbonyl (C=O) groups excluding carboxylic acids is 2. The van der Waals surface area contributed by atoms with Gasteiger partial charge in [0.1, 0.15) is 6.33 Å². The van der Waals surface area contributed by atoms with Crippen molar-refractivity contribution in [3.8, 4) is 0 Å². The summed E-state index contributed by atoms with van der Waals surface area (Å²) in [6.45, 7) is 5.53. The van der Waals surface area contributed by atoms with Crippen LogP contribution >= 0.6 is 11.8 Å². The van der Waals surface area contributed by atoms with Crippen molar-refractivity contribution in [2.24, 2.45) is 0 Å². The molecule has 0 fully saturated rings. The average Bonchev–Trinajstić information content (AvgIpc) is 2.94. The topological polar surface area (TPSA) is 76.9 Å². The summed E-state index contributed by atoms with van der Waals surface area (Å²) in [6.07, 6.45) is 1.65. The van der Waals surface area contributed by atoms with E-state index in [2.05, 4.69) is 15.5 Å². The van der Waals surface area contributed by atoms with E-state index in [4.69, 9.17) is 0 Å². The van der Waals surface area contributed by atoms with Crippen LogP contribution in [0.1, 0.15) is 37.2 Å². The Morgan fingerprint density at radius 3 is 2.73 bits per heavy atom. The number of nitrogens with one attached hydrogen (secondary N) is 1. The van der Waals surface area contributed by atoms with E-state index in [1.54, 1.807) is 30.6 Å². The highest BCUT2D eigenvalue weighted by atomic mass is 32.2. The number of rotatable bonds is 6. The predicted molar refractivity (Wildman–Crippen MR) is 86.2 cm³/mol. The van der Waals surface area contributed by atoms with Gasteiger partial charge in [0.05, 0.1) is 11.4 Å². The average molecular weight is 318 g/mol. The number of amides is 1. The van der Waals surface area contributed by atoms with Crippen LogP contribution in [0.5, 0.6) is 0 Å². The number of Topliss-reactive ketones (excluding diaryl/α,β-unsaturated/α-hetero) is 1. The van der Waals surface area contributed by atoms with Gasteiger partial charge in [0.25, 0.3) is 0 Å². The number of hydrogen-bond donors (Lipinski definition) is 1. The van der Waals surface area contributed by atoms with E-state index < -0.39 is 0 Å². The quantitative estimate of drug-likeness (QED) is 0.654. The van der Waals surface area contributed by atoms with E-state index >= 15 is 0 Å². The minimum atomic E-state index is -0.183. The lowest BCUT2D eigenvalue weighted by atomic mass is 10.1. The molecular formula is C15H18N4O2S. The van der Waals surface area contributed by atoms with Gasteiger partial charge in [0.15, 0.2) is 10.9 Å². The van der Waals surface area contributed by atoms with E-state index in [1.165, 1.54) is 18.7 Å². The molecule has 22 heavy (non-hydrogen) atoms. The molecule has 0 saturated carbocycles. The van der Waals surface area contributed by atoms with Gasteiger partial charge in [-0.15, -0.1) is 10.2 Å². The third-order valence-corrected chi connectivity index (χ3v) is 3.97. The van der Waals surface area contributed by atoms with E-state index in [1.807, 2.05) is 18.4 Å². The third kappa shape index (κ3) is 3.94. The Bertz CT molecular complexity index is 682. The summed E-state index contributed by atoms with van der Waals surface area (Å²) in [5, 5.41) is 11.3. The fourth-order valence-corrected chi connectivity index (χ4v) is 2.75. The van der Waals surface area contributed by atoms with Crippen LogP contribution in [0, 0.1) is 0 Å². The standard InChI is InChI=1S/C15H18N4O2S/c1-10(2)19-9-16-18-15(19)22-8-14(21)17-13-7-5-4-6-12(13)11(3)20/h4-7,9-10H,8H2,1-3H3,(H,17,21). The van der Waals surface area contributed by atoms with Crippen LogP contribution in [0.2, 0.25) is 0 Å². The van der Waals surface area contributed by atoms with Gasteiger partial charge >= 0.3 is 0 Å². The van der Waals surface area contributed by atoms with E-state index in [0.29, 0.717) is 16.4 Å². The molecule has 2 aromatic rings. The number of ketones is 1. The zero-order chi connectivity index (χ0) is 16.1. The lowest BCUT2D eigenvalue weighted by molar-refractivity contribution is -0.113. The largest absolute Gasteiger partial charge is 0.325 e.